The average Bonchev–Trinajstić information content (AvgIpc) is 2.40. The van der Waals surface area contributed by atoms with Crippen LogP contribution < -0.4 is 5.32 Å². The van der Waals surface area contributed by atoms with E-state index in [1.165, 1.54) is 24.6 Å². The van der Waals surface area contributed by atoms with Crippen LogP contribution in [0.3, 0.4) is 0 Å². The fourth-order valence-electron chi connectivity index (χ4n) is 2.65. The van der Waals surface area contributed by atoms with Gasteiger partial charge in [-0.25, -0.2) is 8.42 Å². The van der Waals surface area contributed by atoms with Crippen molar-refractivity contribution in [3.8, 4) is 0 Å². The van der Waals surface area contributed by atoms with Crippen molar-refractivity contribution < 1.29 is 13.2 Å². The smallest absolute Gasteiger partial charge is 0.238 e. The number of carbonyl (C=O) groups excluding carboxylic acids is 1. The number of sulfone groups is 1. The molecular weight excluding hydrogens is 324 g/mol. The zero-order valence-electron chi connectivity index (χ0n) is 12.8. The summed E-state index contributed by atoms with van der Waals surface area (Å²) in [5, 5.41) is 3.03. The van der Waals surface area contributed by atoms with Crippen LogP contribution in [0.4, 0.5) is 5.69 Å². The first-order valence-corrected chi connectivity index (χ1v) is 9.54. The molecule has 1 aromatic carbocycles. The Morgan fingerprint density at radius 1 is 1.45 bits per heavy atom. The summed E-state index contributed by atoms with van der Waals surface area (Å²) < 4.78 is 23.1. The number of rotatable bonds is 4. The highest BCUT2D eigenvalue weighted by molar-refractivity contribution is 7.90. The van der Waals surface area contributed by atoms with Crippen molar-refractivity contribution in [1.29, 1.82) is 0 Å². The van der Waals surface area contributed by atoms with E-state index in [9.17, 15) is 13.2 Å². The third-order valence-electron chi connectivity index (χ3n) is 3.75. The number of carbonyl (C=O) groups is 1. The Hall–Kier alpha value is -1.11. The zero-order valence-corrected chi connectivity index (χ0v) is 14.4. The Bertz CT molecular complexity index is 661. The highest BCUT2D eigenvalue weighted by atomic mass is 35.5. The Labute approximate surface area is 136 Å². The zero-order chi connectivity index (χ0) is 16.3. The van der Waals surface area contributed by atoms with Gasteiger partial charge in [-0.2, -0.15) is 0 Å². The van der Waals surface area contributed by atoms with Gasteiger partial charge in [0.2, 0.25) is 5.91 Å². The minimum absolute atomic E-state index is 0.138. The van der Waals surface area contributed by atoms with Gasteiger partial charge in [-0.1, -0.05) is 18.5 Å². The standard InChI is InChI=1S/C15H21ClN2O3S/c1-11-4-3-7-18(9-11)10-15(19)17-14-8-12(22(2,20)21)5-6-13(14)16/h5-6,8,11H,3-4,7,9-10H2,1-2H3,(H,17,19). The molecule has 0 saturated carbocycles. The molecule has 1 aromatic rings. The van der Waals surface area contributed by atoms with Crippen molar-refractivity contribution in [3.05, 3.63) is 23.2 Å². The van der Waals surface area contributed by atoms with Crippen LogP contribution in [0, 0.1) is 5.92 Å². The van der Waals surface area contributed by atoms with Crippen LogP contribution in [-0.4, -0.2) is 45.1 Å². The van der Waals surface area contributed by atoms with Crippen LogP contribution in [0.25, 0.3) is 0 Å². The highest BCUT2D eigenvalue weighted by Crippen LogP contribution is 2.25. The molecule has 1 aliphatic heterocycles. The van der Waals surface area contributed by atoms with Crippen molar-refractivity contribution in [2.75, 3.05) is 31.2 Å². The predicted molar refractivity (Wildman–Crippen MR) is 88.0 cm³/mol. The topological polar surface area (TPSA) is 66.5 Å². The molecular formula is C15H21ClN2O3S. The number of piperidine rings is 1. The summed E-state index contributed by atoms with van der Waals surface area (Å²) in [6.07, 6.45) is 3.41. The third kappa shape index (κ3) is 4.69. The monoisotopic (exact) mass is 344 g/mol. The van der Waals surface area contributed by atoms with Gasteiger partial charge in [-0.15, -0.1) is 0 Å². The molecule has 5 nitrogen and oxygen atoms in total. The minimum atomic E-state index is -3.33. The highest BCUT2D eigenvalue weighted by Gasteiger charge is 2.19. The maximum absolute atomic E-state index is 12.1. The van der Waals surface area contributed by atoms with E-state index < -0.39 is 9.84 Å². The fourth-order valence-corrected chi connectivity index (χ4v) is 3.47. The lowest BCUT2D eigenvalue weighted by molar-refractivity contribution is -0.117. The molecule has 0 aliphatic carbocycles. The quantitative estimate of drug-likeness (QED) is 0.910. The van der Waals surface area contributed by atoms with Crippen LogP contribution >= 0.6 is 11.6 Å². The number of amides is 1. The van der Waals surface area contributed by atoms with Crippen LogP contribution in [0.15, 0.2) is 23.1 Å². The minimum Gasteiger partial charge on any atom is -0.324 e. The van der Waals surface area contributed by atoms with Crippen molar-refractivity contribution in [1.82, 2.24) is 4.90 Å². The van der Waals surface area contributed by atoms with Crippen LogP contribution in [0.1, 0.15) is 19.8 Å². The first-order chi connectivity index (χ1) is 10.3. The van der Waals surface area contributed by atoms with E-state index in [1.807, 2.05) is 0 Å². The van der Waals surface area contributed by atoms with Gasteiger partial charge in [0.1, 0.15) is 0 Å². The SMILES string of the molecule is CC1CCCN(CC(=O)Nc2cc(S(C)(=O)=O)ccc2Cl)C1. The summed E-state index contributed by atoms with van der Waals surface area (Å²) in [6.45, 7) is 4.29. The molecule has 2 rings (SSSR count). The molecule has 1 fully saturated rings. The van der Waals surface area contributed by atoms with Crippen molar-refractivity contribution in [2.24, 2.45) is 5.92 Å². The predicted octanol–water partition coefficient (Wildman–Crippen LogP) is 2.41. The Morgan fingerprint density at radius 2 is 2.18 bits per heavy atom. The van der Waals surface area contributed by atoms with Crippen molar-refractivity contribution >= 4 is 33.0 Å². The summed E-state index contributed by atoms with van der Waals surface area (Å²) in [5.74, 6) is 0.417. The van der Waals surface area contributed by atoms with Crippen LogP contribution in [-0.2, 0) is 14.6 Å². The average molecular weight is 345 g/mol. The molecule has 1 N–H and O–H groups in total. The van der Waals surface area contributed by atoms with E-state index in [0.29, 0.717) is 23.2 Å². The number of benzene rings is 1. The largest absolute Gasteiger partial charge is 0.324 e. The summed E-state index contributed by atoms with van der Waals surface area (Å²) in [7, 11) is -3.33. The number of hydrogen-bond acceptors (Lipinski definition) is 4. The van der Waals surface area contributed by atoms with Gasteiger partial charge in [-0.05, 0) is 43.5 Å². The lowest BCUT2D eigenvalue weighted by Crippen LogP contribution is -2.39. The van der Waals surface area contributed by atoms with Crippen LogP contribution in [0.5, 0.6) is 0 Å². The van der Waals surface area contributed by atoms with E-state index in [1.54, 1.807) is 0 Å². The Morgan fingerprint density at radius 3 is 2.82 bits per heavy atom. The molecule has 1 atom stereocenters. The second kappa shape index (κ2) is 6.98. The summed E-state index contributed by atoms with van der Waals surface area (Å²) >= 11 is 6.03. The molecule has 22 heavy (non-hydrogen) atoms. The molecule has 1 saturated heterocycles. The number of anilines is 1. The van der Waals surface area contributed by atoms with E-state index >= 15 is 0 Å². The van der Waals surface area contributed by atoms with Gasteiger partial charge >= 0.3 is 0 Å². The lowest BCUT2D eigenvalue weighted by Gasteiger charge is -2.30. The second-order valence-electron chi connectivity index (χ2n) is 5.94. The van der Waals surface area contributed by atoms with Gasteiger partial charge in [0.05, 0.1) is 22.2 Å². The molecule has 0 radical (unpaired) electrons. The molecule has 122 valence electrons. The molecule has 1 heterocycles. The van der Waals surface area contributed by atoms with E-state index in [0.717, 1.165) is 25.8 Å². The van der Waals surface area contributed by atoms with Crippen molar-refractivity contribution in [2.45, 2.75) is 24.7 Å². The van der Waals surface area contributed by atoms with Gasteiger partial charge < -0.3 is 5.32 Å². The number of hydrogen-bond donors (Lipinski definition) is 1. The Balaban J connectivity index is 2.05. The summed E-state index contributed by atoms with van der Waals surface area (Å²) in [4.78, 5) is 14.4. The number of likely N-dealkylation sites (tertiary alicyclic amines) is 1. The fraction of sp³-hybridized carbons (Fsp3) is 0.533. The lowest BCUT2D eigenvalue weighted by atomic mass is 10.0. The molecule has 1 aliphatic rings. The number of nitrogens with zero attached hydrogens (tertiary/aromatic N) is 1. The van der Waals surface area contributed by atoms with E-state index in [4.69, 9.17) is 11.6 Å². The maximum Gasteiger partial charge on any atom is 0.238 e. The Kier molecular flexibility index (Phi) is 5.47. The third-order valence-corrected chi connectivity index (χ3v) is 5.19. The summed E-state index contributed by atoms with van der Waals surface area (Å²) in [6, 6.07) is 4.31. The van der Waals surface area contributed by atoms with Crippen molar-refractivity contribution in [3.63, 3.8) is 0 Å². The van der Waals surface area contributed by atoms with Gasteiger partial charge in [0, 0.05) is 12.8 Å². The van der Waals surface area contributed by atoms with E-state index in [2.05, 4.69) is 17.1 Å². The first kappa shape index (κ1) is 17.2. The van der Waals surface area contributed by atoms with Gasteiger partial charge in [0.15, 0.2) is 9.84 Å². The molecule has 1 amide bonds. The maximum atomic E-state index is 12.1. The second-order valence-corrected chi connectivity index (χ2v) is 8.37. The van der Waals surface area contributed by atoms with Gasteiger partial charge in [0.25, 0.3) is 0 Å². The van der Waals surface area contributed by atoms with E-state index in [-0.39, 0.29) is 10.8 Å². The number of nitrogens with one attached hydrogen (secondary N) is 1. The number of halogens is 1. The van der Waals surface area contributed by atoms with Crippen LogP contribution in [0.2, 0.25) is 5.02 Å². The molecule has 0 spiro atoms. The van der Waals surface area contributed by atoms with Gasteiger partial charge in [-0.3, -0.25) is 9.69 Å². The molecule has 7 heteroatoms. The summed E-state index contributed by atoms with van der Waals surface area (Å²) in [5.41, 5.74) is 0.333. The molecule has 0 aromatic heterocycles. The molecule has 0 bridgehead atoms. The molecule has 1 unspecified atom stereocenters. The first-order valence-electron chi connectivity index (χ1n) is 7.27. The normalized spacial score (nSPS) is 19.9.